The first-order valence-corrected chi connectivity index (χ1v) is 13.1. The summed E-state index contributed by atoms with van der Waals surface area (Å²) >= 11 is 7.84. The number of halogens is 1. The van der Waals surface area contributed by atoms with Crippen molar-refractivity contribution in [3.05, 3.63) is 88.9 Å². The van der Waals surface area contributed by atoms with E-state index in [-0.39, 0.29) is 10.8 Å². The lowest BCUT2D eigenvalue weighted by Crippen LogP contribution is -2.27. The van der Waals surface area contributed by atoms with Gasteiger partial charge in [0, 0.05) is 35.7 Å². The highest BCUT2D eigenvalue weighted by molar-refractivity contribution is 7.98. The number of hydrogen-bond donors (Lipinski definition) is 1. The molecule has 0 unspecified atom stereocenters. The fourth-order valence-electron chi connectivity index (χ4n) is 3.00. The van der Waals surface area contributed by atoms with Crippen LogP contribution in [0, 0.1) is 0 Å². The number of rotatable bonds is 10. The molecule has 0 saturated carbocycles. The van der Waals surface area contributed by atoms with Crippen molar-refractivity contribution in [1.82, 2.24) is 5.32 Å². The van der Waals surface area contributed by atoms with Crippen molar-refractivity contribution >= 4 is 45.0 Å². The van der Waals surface area contributed by atoms with E-state index in [2.05, 4.69) is 5.32 Å². The van der Waals surface area contributed by atoms with Gasteiger partial charge in [-0.3, -0.25) is 9.10 Å². The number of sulfonamides is 1. The highest BCUT2D eigenvalue weighted by atomic mass is 35.5. The third kappa shape index (κ3) is 6.43. The predicted molar refractivity (Wildman–Crippen MR) is 135 cm³/mol. The number of hydrogen-bond acceptors (Lipinski definition) is 5. The summed E-state index contributed by atoms with van der Waals surface area (Å²) in [7, 11) is -0.734. The molecule has 3 aromatic carbocycles. The second kappa shape index (κ2) is 11.4. The first kappa shape index (κ1) is 25.0. The van der Waals surface area contributed by atoms with Gasteiger partial charge in [0.15, 0.2) is 0 Å². The maximum Gasteiger partial charge on any atom is 0.264 e. The van der Waals surface area contributed by atoms with E-state index in [0.717, 1.165) is 22.1 Å². The Morgan fingerprint density at radius 2 is 1.70 bits per heavy atom. The zero-order valence-electron chi connectivity index (χ0n) is 18.3. The molecule has 0 aliphatic rings. The summed E-state index contributed by atoms with van der Waals surface area (Å²) in [5, 5.41) is 3.62. The summed E-state index contributed by atoms with van der Waals surface area (Å²) in [5.41, 5.74) is 1.99. The summed E-state index contributed by atoms with van der Waals surface area (Å²) in [6, 6.07) is 20.3. The van der Waals surface area contributed by atoms with E-state index >= 15 is 0 Å². The minimum atomic E-state index is -3.73. The van der Waals surface area contributed by atoms with Crippen LogP contribution >= 0.6 is 23.4 Å². The number of benzene rings is 3. The largest absolute Gasteiger partial charge is 0.497 e. The smallest absolute Gasteiger partial charge is 0.264 e. The molecule has 3 rings (SSSR count). The molecule has 1 amide bonds. The van der Waals surface area contributed by atoms with E-state index < -0.39 is 10.0 Å². The van der Waals surface area contributed by atoms with Gasteiger partial charge in [-0.15, -0.1) is 0 Å². The monoisotopic (exact) mass is 504 g/mol. The Hall–Kier alpha value is -2.68. The molecule has 1 N–H and O–H groups in total. The molecule has 0 saturated heterocycles. The Labute approximate surface area is 204 Å². The molecular formula is C24H25ClN2O4S2. The lowest BCUT2D eigenvalue weighted by molar-refractivity contribution is 0.0956. The zero-order chi connectivity index (χ0) is 23.8. The number of carbonyl (C=O) groups excluding carboxylic acids is 1. The van der Waals surface area contributed by atoms with E-state index in [0.29, 0.717) is 23.5 Å². The van der Waals surface area contributed by atoms with Crippen LogP contribution in [0.25, 0.3) is 0 Å². The van der Waals surface area contributed by atoms with Crippen LogP contribution in [0.15, 0.2) is 77.7 Å². The minimum Gasteiger partial charge on any atom is -0.497 e. The van der Waals surface area contributed by atoms with Crippen LogP contribution < -0.4 is 14.4 Å². The molecule has 6 nitrogen and oxygen atoms in total. The highest BCUT2D eigenvalue weighted by Gasteiger charge is 2.21. The molecule has 0 fully saturated rings. The number of carbonyl (C=O) groups is 1. The lowest BCUT2D eigenvalue weighted by atomic mass is 10.2. The van der Waals surface area contributed by atoms with Gasteiger partial charge in [-0.05, 0) is 60.2 Å². The topological polar surface area (TPSA) is 75.7 Å². The van der Waals surface area contributed by atoms with E-state index in [9.17, 15) is 13.2 Å². The van der Waals surface area contributed by atoms with Gasteiger partial charge < -0.3 is 10.1 Å². The molecule has 0 spiro atoms. The second-order valence-corrected chi connectivity index (χ2v) is 10.6. The van der Waals surface area contributed by atoms with E-state index in [1.54, 1.807) is 48.2 Å². The Balaban J connectivity index is 1.53. The number of anilines is 1. The average molecular weight is 505 g/mol. The van der Waals surface area contributed by atoms with E-state index in [4.69, 9.17) is 16.3 Å². The fourth-order valence-corrected chi connectivity index (χ4v) is 5.34. The summed E-state index contributed by atoms with van der Waals surface area (Å²) in [6.45, 7) is 0.515. The van der Waals surface area contributed by atoms with Crippen molar-refractivity contribution in [2.75, 3.05) is 30.8 Å². The van der Waals surface area contributed by atoms with Crippen LogP contribution in [0.1, 0.15) is 15.9 Å². The molecule has 0 radical (unpaired) electrons. The first-order chi connectivity index (χ1) is 15.8. The molecular weight excluding hydrogens is 480 g/mol. The van der Waals surface area contributed by atoms with Gasteiger partial charge in [0.05, 0.1) is 17.7 Å². The van der Waals surface area contributed by atoms with Gasteiger partial charge >= 0.3 is 0 Å². The van der Waals surface area contributed by atoms with Crippen molar-refractivity contribution in [3.8, 4) is 5.75 Å². The van der Waals surface area contributed by atoms with Crippen molar-refractivity contribution in [3.63, 3.8) is 0 Å². The summed E-state index contributed by atoms with van der Waals surface area (Å²) in [4.78, 5) is 12.6. The highest BCUT2D eigenvalue weighted by Crippen LogP contribution is 2.24. The average Bonchev–Trinajstić information content (AvgIpc) is 2.84. The quantitative estimate of drug-likeness (QED) is 0.400. The van der Waals surface area contributed by atoms with Crippen LogP contribution in [0.2, 0.25) is 5.02 Å². The van der Waals surface area contributed by atoms with Crippen molar-refractivity contribution in [1.29, 1.82) is 0 Å². The Morgan fingerprint density at radius 3 is 2.33 bits per heavy atom. The second-order valence-electron chi connectivity index (χ2n) is 7.09. The van der Waals surface area contributed by atoms with Crippen LogP contribution in [-0.2, 0) is 15.8 Å². The SMILES string of the molecule is COc1ccc(S(=O)(=O)N(C)c2ccc(C(=O)NCCSCc3ccccc3Cl)cc2)cc1. The van der Waals surface area contributed by atoms with E-state index in [1.807, 2.05) is 24.3 Å². The molecule has 174 valence electrons. The third-order valence-corrected chi connectivity index (χ3v) is 8.13. The number of ether oxygens (including phenoxy) is 1. The van der Waals surface area contributed by atoms with Gasteiger partial charge in [0.1, 0.15) is 5.75 Å². The van der Waals surface area contributed by atoms with Crippen molar-refractivity contribution in [2.45, 2.75) is 10.6 Å². The Bertz CT molecular complexity index is 1180. The molecule has 0 atom stereocenters. The number of methoxy groups -OCH3 is 1. The summed E-state index contributed by atoms with van der Waals surface area (Å²) < 4.78 is 32.0. The minimum absolute atomic E-state index is 0.155. The molecule has 0 aromatic heterocycles. The molecule has 0 bridgehead atoms. The first-order valence-electron chi connectivity index (χ1n) is 10.2. The zero-order valence-corrected chi connectivity index (χ0v) is 20.7. The molecule has 0 heterocycles. The third-order valence-electron chi connectivity index (χ3n) is 4.96. The van der Waals surface area contributed by atoms with Crippen molar-refractivity contribution in [2.24, 2.45) is 0 Å². The van der Waals surface area contributed by atoms with Gasteiger partial charge in [0.25, 0.3) is 15.9 Å². The lowest BCUT2D eigenvalue weighted by Gasteiger charge is -2.20. The molecule has 0 aliphatic carbocycles. The van der Waals surface area contributed by atoms with Crippen molar-refractivity contribution < 1.29 is 17.9 Å². The Morgan fingerprint density at radius 1 is 1.03 bits per heavy atom. The van der Waals surface area contributed by atoms with Gasteiger partial charge in [-0.1, -0.05) is 29.8 Å². The van der Waals surface area contributed by atoms with Crippen LogP contribution in [0.3, 0.4) is 0 Å². The van der Waals surface area contributed by atoms with E-state index in [1.165, 1.54) is 30.6 Å². The maximum absolute atomic E-state index is 12.9. The van der Waals surface area contributed by atoms with Crippen LogP contribution in [0.5, 0.6) is 5.75 Å². The number of nitrogens with one attached hydrogen (secondary N) is 1. The fraction of sp³-hybridized carbons (Fsp3) is 0.208. The maximum atomic E-state index is 12.9. The molecule has 9 heteroatoms. The Kier molecular flexibility index (Phi) is 8.66. The van der Waals surface area contributed by atoms with Crippen LogP contribution in [-0.4, -0.2) is 40.8 Å². The molecule has 33 heavy (non-hydrogen) atoms. The van der Waals surface area contributed by atoms with Gasteiger partial charge in [-0.25, -0.2) is 8.42 Å². The predicted octanol–water partition coefficient (Wildman–Crippen LogP) is 4.84. The summed E-state index contributed by atoms with van der Waals surface area (Å²) in [5.74, 6) is 1.90. The number of thioether (sulfide) groups is 1. The molecule has 3 aromatic rings. The number of nitrogens with zero attached hydrogens (tertiary/aromatic N) is 1. The number of amides is 1. The van der Waals surface area contributed by atoms with Gasteiger partial charge in [-0.2, -0.15) is 11.8 Å². The van der Waals surface area contributed by atoms with Crippen LogP contribution in [0.4, 0.5) is 5.69 Å². The normalized spacial score (nSPS) is 11.1. The standard InChI is InChI=1S/C24H25ClN2O4S2/c1-27(33(29,30)22-13-11-21(31-2)12-14-22)20-9-7-18(8-10-20)24(28)26-15-16-32-17-19-5-3-4-6-23(19)25/h3-14H,15-17H2,1-2H3,(H,26,28). The molecule has 0 aliphatic heterocycles. The van der Waals surface area contributed by atoms with Gasteiger partial charge in [0.2, 0.25) is 0 Å². The summed E-state index contributed by atoms with van der Waals surface area (Å²) in [6.07, 6.45) is 0.